The van der Waals surface area contributed by atoms with Crippen LogP contribution in [0.3, 0.4) is 0 Å². The van der Waals surface area contributed by atoms with Gasteiger partial charge in [0.2, 0.25) is 0 Å². The van der Waals surface area contributed by atoms with Crippen molar-refractivity contribution in [1.82, 2.24) is 4.90 Å². The third-order valence-electron chi connectivity index (χ3n) is 1.42. The van der Waals surface area contributed by atoms with E-state index in [0.717, 1.165) is 13.1 Å². The number of nitrogens with two attached hydrogens (primary N) is 1. The standard InChI is InChI=1S/C8H15N3/c1-4-7-10-8(9)11(5-2)6-3/h1H,5-7H2,2-3H3,(H2,9,10). The van der Waals surface area contributed by atoms with Gasteiger partial charge in [0, 0.05) is 13.1 Å². The molecule has 62 valence electrons. The lowest BCUT2D eigenvalue weighted by Crippen LogP contribution is -2.37. The molecule has 0 spiro atoms. The smallest absolute Gasteiger partial charge is 0.192 e. The lowest BCUT2D eigenvalue weighted by atomic mass is 10.5. The summed E-state index contributed by atoms with van der Waals surface area (Å²) in [5.74, 6) is 2.94. The Morgan fingerprint density at radius 1 is 1.55 bits per heavy atom. The van der Waals surface area contributed by atoms with Crippen molar-refractivity contribution in [2.45, 2.75) is 13.8 Å². The first kappa shape index (κ1) is 9.83. The molecular formula is C8H15N3. The average Bonchev–Trinajstić information content (AvgIpc) is 2.03. The minimum atomic E-state index is 0.363. The maximum Gasteiger partial charge on any atom is 0.192 e. The van der Waals surface area contributed by atoms with Gasteiger partial charge >= 0.3 is 0 Å². The molecular weight excluding hydrogens is 138 g/mol. The lowest BCUT2D eigenvalue weighted by Gasteiger charge is -2.18. The zero-order chi connectivity index (χ0) is 8.69. The summed E-state index contributed by atoms with van der Waals surface area (Å²) in [4.78, 5) is 5.92. The first-order valence-electron chi connectivity index (χ1n) is 3.74. The second-order valence-electron chi connectivity index (χ2n) is 2.05. The van der Waals surface area contributed by atoms with Gasteiger partial charge in [-0.3, -0.25) is 0 Å². The molecule has 0 unspecified atom stereocenters. The fourth-order valence-electron chi connectivity index (χ4n) is 0.774. The van der Waals surface area contributed by atoms with Crippen molar-refractivity contribution in [2.75, 3.05) is 19.6 Å². The summed E-state index contributed by atoms with van der Waals surface area (Å²) in [6.07, 6.45) is 5.03. The summed E-state index contributed by atoms with van der Waals surface area (Å²) in [5.41, 5.74) is 5.61. The molecule has 0 saturated carbocycles. The van der Waals surface area contributed by atoms with E-state index in [2.05, 4.69) is 10.9 Å². The van der Waals surface area contributed by atoms with Gasteiger partial charge in [0.1, 0.15) is 6.54 Å². The molecule has 0 fully saturated rings. The van der Waals surface area contributed by atoms with Crippen molar-refractivity contribution in [2.24, 2.45) is 10.7 Å². The second kappa shape index (κ2) is 5.60. The summed E-state index contributed by atoms with van der Waals surface area (Å²) in [5, 5.41) is 0. The largest absolute Gasteiger partial charge is 0.370 e. The number of hydrogen-bond donors (Lipinski definition) is 1. The fourth-order valence-corrected chi connectivity index (χ4v) is 0.774. The van der Waals surface area contributed by atoms with Gasteiger partial charge in [0.15, 0.2) is 5.96 Å². The molecule has 0 amide bonds. The topological polar surface area (TPSA) is 41.6 Å². The molecule has 0 heterocycles. The summed E-state index contributed by atoms with van der Waals surface area (Å²) in [6.45, 7) is 6.17. The minimum Gasteiger partial charge on any atom is -0.370 e. The predicted octanol–water partition coefficient (Wildman–Crippen LogP) is 0.276. The van der Waals surface area contributed by atoms with Crippen LogP contribution in [0, 0.1) is 12.3 Å². The fraction of sp³-hybridized carbons (Fsp3) is 0.625. The van der Waals surface area contributed by atoms with Gasteiger partial charge in [-0.2, -0.15) is 0 Å². The molecule has 0 bridgehead atoms. The van der Waals surface area contributed by atoms with Crippen LogP contribution in [0.5, 0.6) is 0 Å². The van der Waals surface area contributed by atoms with Gasteiger partial charge in [-0.15, -0.1) is 6.42 Å². The molecule has 0 aliphatic rings. The van der Waals surface area contributed by atoms with Crippen LogP contribution in [-0.4, -0.2) is 30.5 Å². The third kappa shape index (κ3) is 3.51. The monoisotopic (exact) mass is 153 g/mol. The molecule has 3 heteroatoms. The predicted molar refractivity (Wildman–Crippen MR) is 48.2 cm³/mol. The highest BCUT2D eigenvalue weighted by Crippen LogP contribution is 1.85. The SMILES string of the molecule is C#CCN=C(N)N(CC)CC. The summed E-state index contributed by atoms with van der Waals surface area (Å²) in [7, 11) is 0. The lowest BCUT2D eigenvalue weighted by molar-refractivity contribution is 0.459. The quantitative estimate of drug-likeness (QED) is 0.359. The van der Waals surface area contributed by atoms with E-state index in [9.17, 15) is 0 Å². The highest BCUT2D eigenvalue weighted by atomic mass is 15.2. The first-order valence-corrected chi connectivity index (χ1v) is 3.74. The van der Waals surface area contributed by atoms with E-state index in [4.69, 9.17) is 12.2 Å². The zero-order valence-corrected chi connectivity index (χ0v) is 7.17. The molecule has 0 rings (SSSR count). The molecule has 0 aliphatic heterocycles. The van der Waals surface area contributed by atoms with Gasteiger partial charge in [0.25, 0.3) is 0 Å². The van der Waals surface area contributed by atoms with Crippen molar-refractivity contribution in [1.29, 1.82) is 0 Å². The third-order valence-corrected chi connectivity index (χ3v) is 1.42. The summed E-state index contributed by atoms with van der Waals surface area (Å²) in [6, 6.07) is 0. The first-order chi connectivity index (χ1) is 5.26. The van der Waals surface area contributed by atoms with E-state index in [0.29, 0.717) is 12.5 Å². The Morgan fingerprint density at radius 2 is 2.09 bits per heavy atom. The van der Waals surface area contributed by atoms with Gasteiger partial charge in [0.05, 0.1) is 0 Å². The number of aliphatic imine (C=N–C) groups is 1. The van der Waals surface area contributed by atoms with Crippen molar-refractivity contribution in [3.8, 4) is 12.3 Å². The van der Waals surface area contributed by atoms with E-state index >= 15 is 0 Å². The van der Waals surface area contributed by atoms with E-state index in [-0.39, 0.29) is 0 Å². The molecule has 0 aromatic rings. The molecule has 11 heavy (non-hydrogen) atoms. The van der Waals surface area contributed by atoms with Crippen LogP contribution in [0.15, 0.2) is 4.99 Å². The molecule has 0 atom stereocenters. The van der Waals surface area contributed by atoms with Gasteiger partial charge in [-0.25, -0.2) is 4.99 Å². The van der Waals surface area contributed by atoms with Crippen molar-refractivity contribution < 1.29 is 0 Å². The van der Waals surface area contributed by atoms with Crippen LogP contribution in [0.2, 0.25) is 0 Å². The normalized spacial score (nSPS) is 10.8. The Bertz CT molecular complexity index is 163. The van der Waals surface area contributed by atoms with E-state index in [1.165, 1.54) is 0 Å². The average molecular weight is 153 g/mol. The Balaban J connectivity index is 3.98. The molecule has 0 radical (unpaired) electrons. The van der Waals surface area contributed by atoms with Crippen LogP contribution in [0.25, 0.3) is 0 Å². The van der Waals surface area contributed by atoms with Gasteiger partial charge in [-0.05, 0) is 13.8 Å². The van der Waals surface area contributed by atoms with Crippen LogP contribution in [0.1, 0.15) is 13.8 Å². The van der Waals surface area contributed by atoms with Gasteiger partial charge < -0.3 is 10.6 Å². The van der Waals surface area contributed by atoms with Crippen LogP contribution in [-0.2, 0) is 0 Å². The molecule has 0 aliphatic carbocycles. The Morgan fingerprint density at radius 3 is 2.45 bits per heavy atom. The summed E-state index contributed by atoms with van der Waals surface area (Å²) < 4.78 is 0. The number of nitrogens with zero attached hydrogens (tertiary/aromatic N) is 2. The zero-order valence-electron chi connectivity index (χ0n) is 7.17. The van der Waals surface area contributed by atoms with Crippen molar-refractivity contribution in [3.05, 3.63) is 0 Å². The number of rotatable bonds is 3. The number of terminal acetylenes is 1. The van der Waals surface area contributed by atoms with Crippen molar-refractivity contribution in [3.63, 3.8) is 0 Å². The molecule has 2 N–H and O–H groups in total. The molecule has 3 nitrogen and oxygen atoms in total. The Kier molecular flexibility index (Phi) is 5.01. The van der Waals surface area contributed by atoms with E-state index in [1.54, 1.807) is 0 Å². The Labute approximate surface area is 68.3 Å². The Hall–Kier alpha value is -1.17. The molecule has 0 saturated heterocycles. The van der Waals surface area contributed by atoms with Crippen molar-refractivity contribution >= 4 is 5.96 Å². The van der Waals surface area contributed by atoms with E-state index < -0.39 is 0 Å². The van der Waals surface area contributed by atoms with E-state index in [1.807, 2.05) is 18.7 Å². The maximum absolute atomic E-state index is 5.61. The highest BCUT2D eigenvalue weighted by molar-refractivity contribution is 5.78. The second-order valence-corrected chi connectivity index (χ2v) is 2.05. The molecule has 0 aromatic heterocycles. The molecule has 0 aromatic carbocycles. The van der Waals surface area contributed by atoms with Gasteiger partial charge in [-0.1, -0.05) is 5.92 Å². The van der Waals surface area contributed by atoms with Crippen LogP contribution < -0.4 is 5.73 Å². The van der Waals surface area contributed by atoms with Crippen LogP contribution >= 0.6 is 0 Å². The highest BCUT2D eigenvalue weighted by Gasteiger charge is 1.99. The maximum atomic E-state index is 5.61. The number of hydrogen-bond acceptors (Lipinski definition) is 1. The minimum absolute atomic E-state index is 0.363. The van der Waals surface area contributed by atoms with Crippen LogP contribution in [0.4, 0.5) is 0 Å². The summed E-state index contributed by atoms with van der Waals surface area (Å²) >= 11 is 0. The number of guanidine groups is 1.